The van der Waals surface area contributed by atoms with Crippen LogP contribution in [0.1, 0.15) is 25.7 Å². The van der Waals surface area contributed by atoms with E-state index in [1.807, 2.05) is 5.01 Å². The Balaban J connectivity index is 1.92. The molecule has 0 aromatic heterocycles. The first-order chi connectivity index (χ1) is 5.31. The summed E-state index contributed by atoms with van der Waals surface area (Å²) in [5, 5.41) is 5.49. The molecule has 0 saturated carbocycles. The minimum absolute atomic E-state index is 0.494. The summed E-state index contributed by atoms with van der Waals surface area (Å²) in [5.74, 6) is 5.74. The molecule has 2 rings (SSSR count). The van der Waals surface area contributed by atoms with Crippen LogP contribution in [0.2, 0.25) is 0 Å². The Hall–Kier alpha value is -0.120. The van der Waals surface area contributed by atoms with Crippen molar-refractivity contribution < 1.29 is 0 Å². The highest BCUT2D eigenvalue weighted by Gasteiger charge is 2.36. The summed E-state index contributed by atoms with van der Waals surface area (Å²) in [4.78, 5) is 0. The number of nitrogens with two attached hydrogens (primary N) is 1. The van der Waals surface area contributed by atoms with E-state index in [4.69, 9.17) is 5.84 Å². The molecule has 0 bridgehead atoms. The first-order valence-corrected chi connectivity index (χ1v) is 4.55. The van der Waals surface area contributed by atoms with Gasteiger partial charge in [0, 0.05) is 18.6 Å². The van der Waals surface area contributed by atoms with Gasteiger partial charge in [0.1, 0.15) is 0 Å². The molecule has 1 atom stereocenters. The standard InChI is InChI=1S/C8H17N3/c9-11-6-1-2-8(4-7-11)3-5-10-8/h10H,1-7,9H2. The van der Waals surface area contributed by atoms with E-state index in [-0.39, 0.29) is 0 Å². The summed E-state index contributed by atoms with van der Waals surface area (Å²) >= 11 is 0. The Morgan fingerprint density at radius 1 is 1.18 bits per heavy atom. The van der Waals surface area contributed by atoms with Crippen molar-refractivity contribution in [2.45, 2.75) is 31.2 Å². The van der Waals surface area contributed by atoms with Crippen LogP contribution in [0.4, 0.5) is 0 Å². The van der Waals surface area contributed by atoms with Crippen molar-refractivity contribution in [3.8, 4) is 0 Å². The maximum Gasteiger partial charge on any atom is 0.0206 e. The Bertz CT molecular complexity index is 142. The molecule has 0 amide bonds. The van der Waals surface area contributed by atoms with Crippen LogP contribution in [0, 0.1) is 0 Å². The lowest BCUT2D eigenvalue weighted by Gasteiger charge is -2.42. The molecule has 1 spiro atoms. The molecule has 0 aliphatic carbocycles. The van der Waals surface area contributed by atoms with Crippen LogP contribution in [0.15, 0.2) is 0 Å². The molecule has 0 radical (unpaired) electrons. The third-order valence-electron chi connectivity index (χ3n) is 3.08. The molecule has 2 fully saturated rings. The van der Waals surface area contributed by atoms with Crippen LogP contribution < -0.4 is 11.2 Å². The Morgan fingerprint density at radius 2 is 2.00 bits per heavy atom. The molecule has 3 heteroatoms. The van der Waals surface area contributed by atoms with Gasteiger partial charge >= 0.3 is 0 Å². The number of nitrogens with zero attached hydrogens (tertiary/aromatic N) is 1. The van der Waals surface area contributed by atoms with Crippen molar-refractivity contribution in [3.63, 3.8) is 0 Å². The van der Waals surface area contributed by atoms with E-state index in [9.17, 15) is 0 Å². The maximum absolute atomic E-state index is 5.74. The second-order valence-electron chi connectivity index (χ2n) is 3.85. The van der Waals surface area contributed by atoms with Crippen molar-refractivity contribution in [2.75, 3.05) is 19.6 Å². The van der Waals surface area contributed by atoms with E-state index >= 15 is 0 Å². The van der Waals surface area contributed by atoms with Crippen molar-refractivity contribution in [1.29, 1.82) is 0 Å². The van der Waals surface area contributed by atoms with Crippen LogP contribution >= 0.6 is 0 Å². The lowest BCUT2D eigenvalue weighted by molar-refractivity contribution is 0.176. The number of rotatable bonds is 0. The van der Waals surface area contributed by atoms with Gasteiger partial charge < -0.3 is 5.32 Å². The second-order valence-corrected chi connectivity index (χ2v) is 3.85. The normalized spacial score (nSPS) is 40.1. The molecule has 3 N–H and O–H groups in total. The fourth-order valence-corrected chi connectivity index (χ4v) is 2.12. The third-order valence-corrected chi connectivity index (χ3v) is 3.08. The molecule has 2 aliphatic rings. The fraction of sp³-hybridized carbons (Fsp3) is 1.00. The maximum atomic E-state index is 5.74. The SMILES string of the molecule is NN1CCCC2(CCN2)CC1. The number of hydrogen-bond donors (Lipinski definition) is 2. The fourth-order valence-electron chi connectivity index (χ4n) is 2.12. The Morgan fingerprint density at radius 3 is 2.64 bits per heavy atom. The van der Waals surface area contributed by atoms with Crippen LogP contribution in [0.5, 0.6) is 0 Å². The van der Waals surface area contributed by atoms with E-state index in [1.54, 1.807) is 0 Å². The van der Waals surface area contributed by atoms with Crippen LogP contribution in [0.3, 0.4) is 0 Å². The molecule has 1 unspecified atom stereocenters. The zero-order chi connectivity index (χ0) is 7.73. The van der Waals surface area contributed by atoms with Crippen molar-refractivity contribution in [2.24, 2.45) is 5.84 Å². The largest absolute Gasteiger partial charge is 0.311 e. The average Bonchev–Trinajstić information content (AvgIpc) is 2.09. The van der Waals surface area contributed by atoms with Crippen LogP contribution in [-0.4, -0.2) is 30.2 Å². The van der Waals surface area contributed by atoms with Crippen molar-refractivity contribution in [1.82, 2.24) is 10.3 Å². The van der Waals surface area contributed by atoms with E-state index in [0.29, 0.717) is 5.54 Å². The van der Waals surface area contributed by atoms with E-state index in [2.05, 4.69) is 5.32 Å². The summed E-state index contributed by atoms with van der Waals surface area (Å²) in [6.07, 6.45) is 5.18. The van der Waals surface area contributed by atoms with E-state index in [0.717, 1.165) is 13.1 Å². The lowest BCUT2D eigenvalue weighted by Crippen LogP contribution is -2.57. The topological polar surface area (TPSA) is 41.3 Å². The average molecular weight is 155 g/mol. The molecule has 2 heterocycles. The predicted octanol–water partition coefficient (Wildman–Crippen LogP) is 0.0781. The van der Waals surface area contributed by atoms with Gasteiger partial charge in [0.2, 0.25) is 0 Å². The second kappa shape index (κ2) is 2.73. The summed E-state index contributed by atoms with van der Waals surface area (Å²) in [6.45, 7) is 3.35. The molecule has 0 aromatic carbocycles. The summed E-state index contributed by atoms with van der Waals surface area (Å²) in [6, 6.07) is 0. The highest BCUT2D eigenvalue weighted by Crippen LogP contribution is 2.30. The van der Waals surface area contributed by atoms with E-state index in [1.165, 1.54) is 32.2 Å². The molecule has 11 heavy (non-hydrogen) atoms. The molecule has 0 aromatic rings. The van der Waals surface area contributed by atoms with Gasteiger partial charge in [-0.25, -0.2) is 5.01 Å². The van der Waals surface area contributed by atoms with Gasteiger partial charge in [0.05, 0.1) is 0 Å². The highest BCUT2D eigenvalue weighted by molar-refractivity contribution is 4.97. The van der Waals surface area contributed by atoms with Gasteiger partial charge in [0.25, 0.3) is 0 Å². The van der Waals surface area contributed by atoms with Gasteiger partial charge in [-0.1, -0.05) is 0 Å². The van der Waals surface area contributed by atoms with Gasteiger partial charge in [0.15, 0.2) is 0 Å². The molecule has 64 valence electrons. The zero-order valence-corrected chi connectivity index (χ0v) is 6.97. The van der Waals surface area contributed by atoms with E-state index < -0.39 is 0 Å². The van der Waals surface area contributed by atoms with Gasteiger partial charge in [-0.15, -0.1) is 0 Å². The minimum atomic E-state index is 0.494. The molecule has 3 nitrogen and oxygen atoms in total. The number of hydrogen-bond acceptors (Lipinski definition) is 3. The first-order valence-electron chi connectivity index (χ1n) is 4.55. The lowest BCUT2D eigenvalue weighted by atomic mass is 9.81. The summed E-state index contributed by atoms with van der Waals surface area (Å²) < 4.78 is 0. The van der Waals surface area contributed by atoms with Crippen molar-refractivity contribution >= 4 is 0 Å². The monoisotopic (exact) mass is 155 g/mol. The summed E-state index contributed by atoms with van der Waals surface area (Å²) in [7, 11) is 0. The molecular formula is C8H17N3. The summed E-state index contributed by atoms with van der Waals surface area (Å²) in [5.41, 5.74) is 0.494. The zero-order valence-electron chi connectivity index (χ0n) is 6.97. The first kappa shape index (κ1) is 7.53. The smallest absolute Gasteiger partial charge is 0.0206 e. The highest BCUT2D eigenvalue weighted by atomic mass is 15.4. The molecule has 2 saturated heterocycles. The van der Waals surface area contributed by atoms with Crippen molar-refractivity contribution in [3.05, 3.63) is 0 Å². The number of nitrogens with one attached hydrogen (secondary N) is 1. The molecular weight excluding hydrogens is 138 g/mol. The van der Waals surface area contributed by atoms with Gasteiger partial charge in [-0.05, 0) is 32.2 Å². The Kier molecular flexibility index (Phi) is 1.87. The number of hydrazine groups is 1. The molecule has 2 aliphatic heterocycles. The van der Waals surface area contributed by atoms with Gasteiger partial charge in [-0.3, -0.25) is 5.84 Å². The van der Waals surface area contributed by atoms with Crippen LogP contribution in [0.25, 0.3) is 0 Å². The quantitative estimate of drug-likeness (QED) is 0.487. The third kappa shape index (κ3) is 1.41. The van der Waals surface area contributed by atoms with Crippen LogP contribution in [-0.2, 0) is 0 Å². The van der Waals surface area contributed by atoms with Gasteiger partial charge in [-0.2, -0.15) is 0 Å². The Labute approximate surface area is 67.9 Å². The minimum Gasteiger partial charge on any atom is -0.311 e. The predicted molar refractivity (Wildman–Crippen MR) is 45.0 cm³/mol.